The molecule has 132 valence electrons. The van der Waals surface area contributed by atoms with Crippen molar-refractivity contribution in [3.63, 3.8) is 0 Å². The summed E-state index contributed by atoms with van der Waals surface area (Å²) in [5.74, 6) is -0.0660. The molecular weight excluding hydrogens is 340 g/mol. The van der Waals surface area contributed by atoms with Crippen LogP contribution in [-0.2, 0) is 6.54 Å². The molecule has 0 saturated carbocycles. The highest BCUT2D eigenvalue weighted by Crippen LogP contribution is 2.23. The smallest absolute Gasteiger partial charge is 0.291 e. The highest BCUT2D eigenvalue weighted by molar-refractivity contribution is 6.31. The zero-order valence-corrected chi connectivity index (χ0v) is 15.1. The lowest BCUT2D eigenvalue weighted by Gasteiger charge is -2.17. The van der Waals surface area contributed by atoms with Crippen LogP contribution in [-0.4, -0.2) is 40.2 Å². The van der Waals surface area contributed by atoms with Crippen LogP contribution in [0.5, 0.6) is 0 Å². The lowest BCUT2D eigenvalue weighted by molar-refractivity contribution is 0.0998. The number of fused-ring (bicyclic) bond motifs is 1. The molecule has 0 saturated heterocycles. The van der Waals surface area contributed by atoms with Crippen LogP contribution in [0.1, 0.15) is 24.4 Å². The largest absolute Gasteiger partial charge is 0.451 e. The molecule has 0 spiro atoms. The van der Waals surface area contributed by atoms with E-state index in [2.05, 4.69) is 29.2 Å². The highest BCUT2D eigenvalue weighted by Gasteiger charge is 2.13. The molecule has 0 aliphatic carbocycles. The van der Waals surface area contributed by atoms with E-state index < -0.39 is 0 Å². The first kappa shape index (κ1) is 17.5. The summed E-state index contributed by atoms with van der Waals surface area (Å²) >= 11 is 5.96. The Balaban J connectivity index is 1.64. The SMILES string of the molecule is CCN(CC)CCn1cc(NC(=O)c2cc3cc(Cl)ccc3o2)cn1. The van der Waals surface area contributed by atoms with Gasteiger partial charge in [0.15, 0.2) is 5.76 Å². The Morgan fingerprint density at radius 1 is 1.32 bits per heavy atom. The third kappa shape index (κ3) is 4.21. The van der Waals surface area contributed by atoms with Gasteiger partial charge in [0.2, 0.25) is 0 Å². The first-order valence-corrected chi connectivity index (χ1v) is 8.72. The highest BCUT2D eigenvalue weighted by atomic mass is 35.5. The topological polar surface area (TPSA) is 63.3 Å². The second-order valence-electron chi connectivity index (χ2n) is 5.77. The Kier molecular flexibility index (Phi) is 5.40. The molecule has 3 aromatic rings. The average Bonchev–Trinajstić information content (AvgIpc) is 3.22. The zero-order valence-electron chi connectivity index (χ0n) is 14.3. The van der Waals surface area contributed by atoms with Crippen LogP contribution in [0.15, 0.2) is 41.1 Å². The van der Waals surface area contributed by atoms with Crippen molar-refractivity contribution in [2.75, 3.05) is 25.0 Å². The van der Waals surface area contributed by atoms with Crippen LogP contribution >= 0.6 is 11.6 Å². The molecule has 3 rings (SSSR count). The molecule has 2 aromatic heterocycles. The normalized spacial score (nSPS) is 11.4. The van der Waals surface area contributed by atoms with Crippen molar-refractivity contribution in [2.24, 2.45) is 0 Å². The van der Waals surface area contributed by atoms with Gasteiger partial charge < -0.3 is 14.6 Å². The standard InChI is InChI=1S/C18H21ClN4O2/c1-3-22(4-2)7-8-23-12-15(11-20-23)21-18(24)17-10-13-9-14(19)5-6-16(13)25-17/h5-6,9-12H,3-4,7-8H2,1-2H3,(H,21,24). The van der Waals surface area contributed by atoms with E-state index in [9.17, 15) is 4.79 Å². The average molecular weight is 361 g/mol. The first-order valence-electron chi connectivity index (χ1n) is 8.34. The number of halogens is 1. The minimum Gasteiger partial charge on any atom is -0.451 e. The lowest BCUT2D eigenvalue weighted by atomic mass is 10.2. The van der Waals surface area contributed by atoms with Gasteiger partial charge in [-0.25, -0.2) is 0 Å². The van der Waals surface area contributed by atoms with E-state index in [1.54, 1.807) is 30.5 Å². The van der Waals surface area contributed by atoms with E-state index in [1.807, 2.05) is 10.9 Å². The van der Waals surface area contributed by atoms with Crippen molar-refractivity contribution in [2.45, 2.75) is 20.4 Å². The molecule has 6 nitrogen and oxygen atoms in total. The molecule has 1 amide bonds. The molecule has 0 fully saturated rings. The van der Waals surface area contributed by atoms with Crippen molar-refractivity contribution in [1.82, 2.24) is 14.7 Å². The van der Waals surface area contributed by atoms with E-state index in [0.717, 1.165) is 31.6 Å². The van der Waals surface area contributed by atoms with Crippen molar-refractivity contribution in [3.05, 3.63) is 47.4 Å². The Morgan fingerprint density at radius 3 is 2.88 bits per heavy atom. The van der Waals surface area contributed by atoms with Crippen LogP contribution in [0.2, 0.25) is 5.02 Å². The lowest BCUT2D eigenvalue weighted by Crippen LogP contribution is -2.27. The van der Waals surface area contributed by atoms with Crippen molar-refractivity contribution in [3.8, 4) is 0 Å². The van der Waals surface area contributed by atoms with Crippen LogP contribution < -0.4 is 5.32 Å². The van der Waals surface area contributed by atoms with Gasteiger partial charge in [-0.3, -0.25) is 9.48 Å². The van der Waals surface area contributed by atoms with Crippen molar-refractivity contribution in [1.29, 1.82) is 0 Å². The number of nitrogens with one attached hydrogen (secondary N) is 1. The second-order valence-corrected chi connectivity index (χ2v) is 6.20. The Labute approximate surface area is 151 Å². The fourth-order valence-corrected chi connectivity index (χ4v) is 2.83. The molecule has 0 aliphatic heterocycles. The summed E-state index contributed by atoms with van der Waals surface area (Å²) in [6.45, 7) is 8.00. The summed E-state index contributed by atoms with van der Waals surface area (Å²) in [6.07, 6.45) is 3.46. The van der Waals surface area contributed by atoms with Gasteiger partial charge in [0.05, 0.1) is 18.4 Å². The van der Waals surface area contributed by atoms with Gasteiger partial charge in [0.1, 0.15) is 5.58 Å². The van der Waals surface area contributed by atoms with Gasteiger partial charge in [-0.2, -0.15) is 5.10 Å². The minimum absolute atomic E-state index is 0.244. The molecule has 0 aliphatic rings. The Bertz CT molecular complexity index is 867. The third-order valence-electron chi connectivity index (χ3n) is 4.13. The summed E-state index contributed by atoms with van der Waals surface area (Å²) in [7, 11) is 0. The molecule has 0 radical (unpaired) electrons. The molecule has 1 N–H and O–H groups in total. The number of hydrogen-bond donors (Lipinski definition) is 1. The molecule has 2 heterocycles. The number of rotatable bonds is 7. The van der Waals surface area contributed by atoms with Gasteiger partial charge in [0, 0.05) is 23.2 Å². The second kappa shape index (κ2) is 7.72. The van der Waals surface area contributed by atoms with Crippen molar-refractivity contribution < 1.29 is 9.21 Å². The number of likely N-dealkylation sites (N-methyl/N-ethyl adjacent to an activating group) is 1. The molecule has 25 heavy (non-hydrogen) atoms. The van der Waals surface area contributed by atoms with Gasteiger partial charge in [0.25, 0.3) is 5.91 Å². The number of hydrogen-bond acceptors (Lipinski definition) is 4. The van der Waals surface area contributed by atoms with Gasteiger partial charge in [-0.15, -0.1) is 0 Å². The number of aromatic nitrogens is 2. The van der Waals surface area contributed by atoms with E-state index in [-0.39, 0.29) is 11.7 Å². The van der Waals surface area contributed by atoms with Crippen molar-refractivity contribution >= 4 is 34.2 Å². The maximum absolute atomic E-state index is 12.4. The van der Waals surface area contributed by atoms with E-state index in [0.29, 0.717) is 16.3 Å². The summed E-state index contributed by atoms with van der Waals surface area (Å²) < 4.78 is 7.39. The first-order chi connectivity index (χ1) is 12.1. The number of carbonyl (C=O) groups excluding carboxylic acids is 1. The Hall–Kier alpha value is -2.31. The van der Waals surface area contributed by atoms with Crippen LogP contribution in [0.25, 0.3) is 11.0 Å². The van der Waals surface area contributed by atoms with E-state index in [4.69, 9.17) is 16.0 Å². The van der Waals surface area contributed by atoms with Gasteiger partial charge in [-0.1, -0.05) is 25.4 Å². The summed E-state index contributed by atoms with van der Waals surface area (Å²) in [5, 5.41) is 8.50. The number of carbonyl (C=O) groups is 1. The molecule has 0 bridgehead atoms. The predicted octanol–water partition coefficient (Wildman–Crippen LogP) is 3.88. The monoisotopic (exact) mass is 360 g/mol. The maximum Gasteiger partial charge on any atom is 0.291 e. The summed E-state index contributed by atoms with van der Waals surface area (Å²) in [6, 6.07) is 6.93. The summed E-state index contributed by atoms with van der Waals surface area (Å²) in [4.78, 5) is 14.7. The predicted molar refractivity (Wildman–Crippen MR) is 99.2 cm³/mol. The number of nitrogens with zero attached hydrogens (tertiary/aromatic N) is 3. The molecule has 0 atom stereocenters. The van der Waals surface area contributed by atoms with Gasteiger partial charge >= 0.3 is 0 Å². The van der Waals surface area contributed by atoms with Crippen LogP contribution in [0, 0.1) is 0 Å². The third-order valence-corrected chi connectivity index (χ3v) is 4.37. The summed E-state index contributed by atoms with van der Waals surface area (Å²) in [5.41, 5.74) is 1.27. The molecule has 0 unspecified atom stereocenters. The van der Waals surface area contributed by atoms with Crippen LogP contribution in [0.3, 0.4) is 0 Å². The molecular formula is C18H21ClN4O2. The fourth-order valence-electron chi connectivity index (χ4n) is 2.65. The molecule has 1 aromatic carbocycles. The zero-order chi connectivity index (χ0) is 17.8. The van der Waals surface area contributed by atoms with Gasteiger partial charge in [-0.05, 0) is 37.4 Å². The number of anilines is 1. The van der Waals surface area contributed by atoms with E-state index in [1.165, 1.54) is 0 Å². The Morgan fingerprint density at radius 2 is 2.12 bits per heavy atom. The molecule has 7 heteroatoms. The number of benzene rings is 1. The van der Waals surface area contributed by atoms with E-state index >= 15 is 0 Å². The van der Waals surface area contributed by atoms with Crippen LogP contribution in [0.4, 0.5) is 5.69 Å². The fraction of sp³-hybridized carbons (Fsp3) is 0.333. The quantitative estimate of drug-likeness (QED) is 0.694. The maximum atomic E-state index is 12.4. The number of furan rings is 1. The minimum atomic E-state index is -0.310. The number of amides is 1.